The smallest absolute Gasteiger partial charge is 0.410 e. The monoisotopic (exact) mass is 417 g/mol. The van der Waals surface area contributed by atoms with Gasteiger partial charge < -0.3 is 14.2 Å². The van der Waals surface area contributed by atoms with Crippen molar-refractivity contribution in [2.45, 2.75) is 70.5 Å². The van der Waals surface area contributed by atoms with Crippen LogP contribution in [0.15, 0.2) is 42.5 Å². The molecule has 0 radical (unpaired) electrons. The van der Waals surface area contributed by atoms with Gasteiger partial charge in [0.1, 0.15) is 5.82 Å². The lowest BCUT2D eigenvalue weighted by atomic mass is 9.88. The molecule has 0 saturated heterocycles. The standard InChI is InChI=1S/C26H31N3O2/c1-18-15-21-13-14-23-24(22(21)17-28(18)26(30)31-2)27-25(20-11-7-4-8-12-20)29(23)16-19-9-5-3-6-10-19/h3,5-6,9-10,13-14,18,20H,4,7-8,11-12,15-17H2,1-2H3/t18-/m1/s1. The number of methoxy groups -OCH3 is 1. The first-order valence-electron chi connectivity index (χ1n) is 11.5. The number of carbonyl (C=O) groups is 1. The van der Waals surface area contributed by atoms with Crippen molar-refractivity contribution in [3.63, 3.8) is 0 Å². The van der Waals surface area contributed by atoms with E-state index in [4.69, 9.17) is 9.72 Å². The highest BCUT2D eigenvalue weighted by atomic mass is 16.5. The Morgan fingerprint density at radius 3 is 2.61 bits per heavy atom. The second-order valence-electron chi connectivity index (χ2n) is 9.10. The molecule has 1 aliphatic heterocycles. The van der Waals surface area contributed by atoms with Crippen LogP contribution in [0.2, 0.25) is 0 Å². The number of fused-ring (bicyclic) bond motifs is 3. The summed E-state index contributed by atoms with van der Waals surface area (Å²) in [5.74, 6) is 1.73. The SMILES string of the molecule is COC(=O)N1Cc2c(ccc3c2nc(C2CCCCC2)n3Cc2ccccc2)C[C@H]1C. The maximum absolute atomic E-state index is 12.4. The largest absolute Gasteiger partial charge is 0.453 e. The summed E-state index contributed by atoms with van der Waals surface area (Å²) in [6.45, 7) is 3.48. The molecule has 2 heterocycles. The molecular formula is C26H31N3O2. The number of ether oxygens (including phenoxy) is 1. The van der Waals surface area contributed by atoms with E-state index in [0.29, 0.717) is 12.5 Å². The predicted octanol–water partition coefficient (Wildman–Crippen LogP) is 5.65. The zero-order chi connectivity index (χ0) is 21.4. The van der Waals surface area contributed by atoms with Crippen molar-refractivity contribution in [2.75, 3.05) is 7.11 Å². The second-order valence-corrected chi connectivity index (χ2v) is 9.10. The Balaban J connectivity index is 1.63. The Bertz CT molecular complexity index is 1080. The maximum Gasteiger partial charge on any atom is 0.410 e. The van der Waals surface area contributed by atoms with Crippen molar-refractivity contribution in [3.05, 3.63) is 65.0 Å². The fraction of sp³-hybridized carbons (Fsp3) is 0.462. The highest BCUT2D eigenvalue weighted by Gasteiger charge is 2.31. The van der Waals surface area contributed by atoms with Crippen LogP contribution in [-0.2, 0) is 24.2 Å². The first-order chi connectivity index (χ1) is 15.2. The molecule has 3 aromatic rings. The van der Waals surface area contributed by atoms with E-state index < -0.39 is 0 Å². The minimum Gasteiger partial charge on any atom is -0.453 e. The summed E-state index contributed by atoms with van der Waals surface area (Å²) in [6, 6.07) is 15.3. The van der Waals surface area contributed by atoms with E-state index in [0.717, 1.165) is 18.5 Å². The molecule has 1 amide bonds. The van der Waals surface area contributed by atoms with E-state index in [-0.39, 0.29) is 12.1 Å². The minimum absolute atomic E-state index is 0.126. The predicted molar refractivity (Wildman–Crippen MR) is 122 cm³/mol. The van der Waals surface area contributed by atoms with E-state index >= 15 is 0 Å². The van der Waals surface area contributed by atoms with Gasteiger partial charge in [-0.3, -0.25) is 0 Å². The number of hydrogen-bond acceptors (Lipinski definition) is 3. The van der Waals surface area contributed by atoms with E-state index in [9.17, 15) is 4.79 Å². The van der Waals surface area contributed by atoms with Gasteiger partial charge in [0.05, 0.1) is 24.7 Å². The van der Waals surface area contributed by atoms with E-state index in [1.807, 2.05) is 4.90 Å². The average Bonchev–Trinajstić information content (AvgIpc) is 3.18. The molecule has 5 heteroatoms. The number of aromatic nitrogens is 2. The van der Waals surface area contributed by atoms with Crippen LogP contribution in [0, 0.1) is 0 Å². The Kier molecular flexibility index (Phi) is 5.43. The molecule has 162 valence electrons. The van der Waals surface area contributed by atoms with Crippen LogP contribution >= 0.6 is 0 Å². The van der Waals surface area contributed by atoms with Gasteiger partial charge in [0.2, 0.25) is 0 Å². The van der Waals surface area contributed by atoms with Gasteiger partial charge in [0.15, 0.2) is 0 Å². The number of nitrogens with zero attached hydrogens (tertiary/aromatic N) is 3. The molecule has 5 nitrogen and oxygen atoms in total. The average molecular weight is 418 g/mol. The molecule has 2 aromatic carbocycles. The number of hydrogen-bond donors (Lipinski definition) is 0. The summed E-state index contributed by atoms with van der Waals surface area (Å²) in [6.07, 6.45) is 6.90. The molecule has 1 saturated carbocycles. The molecular weight excluding hydrogens is 386 g/mol. The van der Waals surface area contributed by atoms with Gasteiger partial charge in [-0.05, 0) is 43.4 Å². The number of benzene rings is 2. The van der Waals surface area contributed by atoms with Gasteiger partial charge in [-0.2, -0.15) is 0 Å². The van der Waals surface area contributed by atoms with Crippen molar-refractivity contribution >= 4 is 17.1 Å². The van der Waals surface area contributed by atoms with Crippen LogP contribution in [0.3, 0.4) is 0 Å². The molecule has 0 N–H and O–H groups in total. The van der Waals surface area contributed by atoms with Crippen LogP contribution in [0.25, 0.3) is 11.0 Å². The Hall–Kier alpha value is -2.82. The first-order valence-corrected chi connectivity index (χ1v) is 11.5. The molecule has 5 rings (SSSR count). The number of imidazole rings is 1. The van der Waals surface area contributed by atoms with Gasteiger partial charge in [-0.15, -0.1) is 0 Å². The number of rotatable bonds is 3. The van der Waals surface area contributed by atoms with Crippen molar-refractivity contribution in [1.29, 1.82) is 0 Å². The third-order valence-electron chi connectivity index (χ3n) is 7.09. The van der Waals surface area contributed by atoms with Gasteiger partial charge in [0.25, 0.3) is 0 Å². The van der Waals surface area contributed by atoms with Gasteiger partial charge in [-0.1, -0.05) is 55.7 Å². The summed E-state index contributed by atoms with van der Waals surface area (Å²) >= 11 is 0. The van der Waals surface area contributed by atoms with Crippen LogP contribution in [0.5, 0.6) is 0 Å². The van der Waals surface area contributed by atoms with Gasteiger partial charge in [0, 0.05) is 24.1 Å². The first kappa shape index (κ1) is 20.1. The van der Waals surface area contributed by atoms with Gasteiger partial charge in [-0.25, -0.2) is 9.78 Å². The van der Waals surface area contributed by atoms with Crippen LogP contribution in [0.1, 0.15) is 67.5 Å². The van der Waals surface area contributed by atoms with E-state index in [2.05, 4.69) is 54.0 Å². The fourth-order valence-electron chi connectivity index (χ4n) is 5.40. The summed E-state index contributed by atoms with van der Waals surface area (Å²) in [5.41, 5.74) is 6.03. The zero-order valence-corrected chi connectivity index (χ0v) is 18.5. The number of amides is 1. The second kappa shape index (κ2) is 8.37. The molecule has 1 fully saturated rings. The number of carbonyl (C=O) groups excluding carboxylic acids is 1. The van der Waals surface area contributed by atoms with Crippen LogP contribution in [-0.4, -0.2) is 33.7 Å². The van der Waals surface area contributed by atoms with Crippen molar-refractivity contribution in [3.8, 4) is 0 Å². The Morgan fingerprint density at radius 2 is 1.87 bits per heavy atom. The molecule has 1 atom stereocenters. The quantitative estimate of drug-likeness (QED) is 0.554. The lowest BCUT2D eigenvalue weighted by Gasteiger charge is -2.33. The maximum atomic E-state index is 12.4. The third-order valence-corrected chi connectivity index (χ3v) is 7.09. The van der Waals surface area contributed by atoms with Crippen LogP contribution in [0.4, 0.5) is 4.79 Å². The Labute approximate surface area is 184 Å². The topological polar surface area (TPSA) is 47.4 Å². The molecule has 0 unspecified atom stereocenters. The highest BCUT2D eigenvalue weighted by Crippen LogP contribution is 2.37. The van der Waals surface area contributed by atoms with E-state index in [1.54, 1.807) is 0 Å². The minimum atomic E-state index is -0.258. The molecule has 2 aliphatic rings. The van der Waals surface area contributed by atoms with Gasteiger partial charge >= 0.3 is 6.09 Å². The summed E-state index contributed by atoms with van der Waals surface area (Å²) in [5, 5.41) is 0. The summed E-state index contributed by atoms with van der Waals surface area (Å²) in [7, 11) is 1.46. The van der Waals surface area contributed by atoms with E-state index in [1.165, 1.54) is 67.2 Å². The Morgan fingerprint density at radius 1 is 1.10 bits per heavy atom. The van der Waals surface area contributed by atoms with Crippen molar-refractivity contribution < 1.29 is 9.53 Å². The normalized spacial score (nSPS) is 19.4. The summed E-state index contributed by atoms with van der Waals surface area (Å²) < 4.78 is 7.48. The molecule has 1 aromatic heterocycles. The summed E-state index contributed by atoms with van der Waals surface area (Å²) in [4.78, 5) is 19.5. The molecule has 31 heavy (non-hydrogen) atoms. The zero-order valence-electron chi connectivity index (χ0n) is 18.5. The lowest BCUT2D eigenvalue weighted by molar-refractivity contribution is 0.101. The third kappa shape index (κ3) is 3.71. The highest BCUT2D eigenvalue weighted by molar-refractivity contribution is 5.82. The lowest BCUT2D eigenvalue weighted by Crippen LogP contribution is -2.42. The molecule has 0 spiro atoms. The van der Waals surface area contributed by atoms with Crippen molar-refractivity contribution in [2.24, 2.45) is 0 Å². The molecule has 0 bridgehead atoms. The fourth-order valence-corrected chi connectivity index (χ4v) is 5.40. The molecule has 1 aliphatic carbocycles. The van der Waals surface area contributed by atoms with Crippen molar-refractivity contribution in [1.82, 2.24) is 14.5 Å². The van der Waals surface area contributed by atoms with Crippen LogP contribution < -0.4 is 0 Å².